The molecule has 0 radical (unpaired) electrons. The summed E-state index contributed by atoms with van der Waals surface area (Å²) in [6.07, 6.45) is 3.26. The summed E-state index contributed by atoms with van der Waals surface area (Å²) in [5.41, 5.74) is 0.946. The molecular weight excluding hydrogens is 232 g/mol. The number of phenols is 2. The van der Waals surface area contributed by atoms with Gasteiger partial charge in [-0.15, -0.1) is 0 Å². The van der Waals surface area contributed by atoms with Crippen LogP contribution < -0.4 is 5.32 Å². The number of aromatic nitrogens is 1. The van der Waals surface area contributed by atoms with E-state index in [4.69, 9.17) is 0 Å². The van der Waals surface area contributed by atoms with E-state index in [-0.39, 0.29) is 11.3 Å². The van der Waals surface area contributed by atoms with Crippen LogP contribution in [0.25, 0.3) is 0 Å². The Balaban J connectivity index is 2.07. The van der Waals surface area contributed by atoms with Crippen molar-refractivity contribution < 1.29 is 15.0 Å². The lowest BCUT2D eigenvalue weighted by Gasteiger charge is -2.07. The van der Waals surface area contributed by atoms with Crippen molar-refractivity contribution in [3.05, 3.63) is 53.9 Å². The summed E-state index contributed by atoms with van der Waals surface area (Å²) in [7, 11) is 0. The predicted molar refractivity (Wildman–Crippen MR) is 65.2 cm³/mol. The molecule has 0 fully saturated rings. The number of pyridine rings is 1. The summed E-state index contributed by atoms with van der Waals surface area (Å²) in [5.74, 6) is -1.17. The van der Waals surface area contributed by atoms with Gasteiger partial charge in [-0.05, 0) is 29.8 Å². The van der Waals surface area contributed by atoms with Crippen LogP contribution in [0, 0.1) is 0 Å². The SMILES string of the molecule is O=C(NCc1ccncc1)c1cccc(O)c1O. The third kappa shape index (κ3) is 2.57. The lowest BCUT2D eigenvalue weighted by molar-refractivity contribution is 0.0947. The number of nitrogens with one attached hydrogen (secondary N) is 1. The maximum Gasteiger partial charge on any atom is 0.255 e. The van der Waals surface area contributed by atoms with Gasteiger partial charge >= 0.3 is 0 Å². The quantitative estimate of drug-likeness (QED) is 0.713. The lowest BCUT2D eigenvalue weighted by Crippen LogP contribution is -2.22. The number of carbonyl (C=O) groups excluding carboxylic acids is 1. The van der Waals surface area contributed by atoms with Crippen molar-refractivity contribution in [2.45, 2.75) is 6.54 Å². The van der Waals surface area contributed by atoms with Crippen molar-refractivity contribution in [2.75, 3.05) is 0 Å². The first-order valence-electron chi connectivity index (χ1n) is 5.36. The summed E-state index contributed by atoms with van der Waals surface area (Å²) in [6.45, 7) is 0.330. The van der Waals surface area contributed by atoms with Gasteiger partial charge in [-0.3, -0.25) is 9.78 Å². The van der Waals surface area contributed by atoms with Gasteiger partial charge in [0.2, 0.25) is 0 Å². The summed E-state index contributed by atoms with van der Waals surface area (Å²) >= 11 is 0. The van der Waals surface area contributed by atoms with Crippen LogP contribution >= 0.6 is 0 Å². The van der Waals surface area contributed by atoms with Gasteiger partial charge in [0.05, 0.1) is 5.56 Å². The van der Waals surface area contributed by atoms with E-state index in [2.05, 4.69) is 10.3 Å². The van der Waals surface area contributed by atoms with Crippen LogP contribution in [-0.2, 0) is 6.54 Å². The minimum absolute atomic E-state index is 0.0454. The van der Waals surface area contributed by atoms with Crippen molar-refractivity contribution in [1.82, 2.24) is 10.3 Å². The van der Waals surface area contributed by atoms with Gasteiger partial charge in [0.1, 0.15) is 0 Å². The zero-order valence-electron chi connectivity index (χ0n) is 9.50. The maximum absolute atomic E-state index is 11.8. The molecule has 1 aromatic heterocycles. The van der Waals surface area contributed by atoms with Gasteiger partial charge in [-0.1, -0.05) is 6.07 Å². The number of hydrogen-bond acceptors (Lipinski definition) is 4. The zero-order chi connectivity index (χ0) is 13.0. The van der Waals surface area contributed by atoms with Crippen molar-refractivity contribution in [3.63, 3.8) is 0 Å². The molecule has 0 saturated carbocycles. The highest BCUT2D eigenvalue weighted by atomic mass is 16.3. The number of hydrogen-bond donors (Lipinski definition) is 3. The Morgan fingerprint density at radius 2 is 1.89 bits per heavy atom. The minimum atomic E-state index is -0.444. The van der Waals surface area contributed by atoms with E-state index in [1.807, 2.05) is 0 Å². The molecule has 5 heteroatoms. The number of phenolic OH excluding ortho intramolecular Hbond substituents is 2. The molecule has 0 unspecified atom stereocenters. The van der Waals surface area contributed by atoms with E-state index in [1.165, 1.54) is 18.2 Å². The van der Waals surface area contributed by atoms with Gasteiger partial charge in [0, 0.05) is 18.9 Å². The second kappa shape index (κ2) is 5.18. The highest BCUT2D eigenvalue weighted by Gasteiger charge is 2.13. The fraction of sp³-hybridized carbons (Fsp3) is 0.0769. The summed E-state index contributed by atoms with van der Waals surface area (Å²) in [5, 5.41) is 21.5. The van der Waals surface area contributed by atoms with Crippen molar-refractivity contribution in [1.29, 1.82) is 0 Å². The van der Waals surface area contributed by atoms with Gasteiger partial charge in [0.25, 0.3) is 5.91 Å². The fourth-order valence-corrected chi connectivity index (χ4v) is 1.49. The van der Waals surface area contributed by atoms with Crippen LogP contribution in [0.15, 0.2) is 42.7 Å². The highest BCUT2D eigenvalue weighted by molar-refractivity contribution is 5.97. The Labute approximate surface area is 104 Å². The molecule has 2 rings (SSSR count). The van der Waals surface area contributed by atoms with Crippen LogP contribution in [0.1, 0.15) is 15.9 Å². The highest BCUT2D eigenvalue weighted by Crippen LogP contribution is 2.27. The molecule has 0 atom stereocenters. The number of nitrogens with zero attached hydrogens (tertiary/aromatic N) is 1. The monoisotopic (exact) mass is 244 g/mol. The van der Waals surface area contributed by atoms with E-state index >= 15 is 0 Å². The molecular formula is C13H12N2O3. The zero-order valence-corrected chi connectivity index (χ0v) is 9.50. The lowest BCUT2D eigenvalue weighted by atomic mass is 10.1. The van der Waals surface area contributed by atoms with Crippen molar-refractivity contribution in [3.8, 4) is 11.5 Å². The van der Waals surface area contributed by atoms with E-state index < -0.39 is 11.7 Å². The Morgan fingerprint density at radius 3 is 2.61 bits per heavy atom. The molecule has 0 bridgehead atoms. The smallest absolute Gasteiger partial charge is 0.255 e. The number of aromatic hydroxyl groups is 2. The van der Waals surface area contributed by atoms with Crippen LogP contribution in [-0.4, -0.2) is 21.1 Å². The summed E-state index contributed by atoms with van der Waals surface area (Å²) < 4.78 is 0. The standard InChI is InChI=1S/C13H12N2O3/c16-11-3-1-2-10(12(11)17)13(18)15-8-9-4-6-14-7-5-9/h1-7,16-17H,8H2,(H,15,18). The van der Waals surface area contributed by atoms with E-state index in [9.17, 15) is 15.0 Å². The first-order chi connectivity index (χ1) is 8.68. The molecule has 0 aliphatic heterocycles. The van der Waals surface area contributed by atoms with Crippen LogP contribution in [0.5, 0.6) is 11.5 Å². The average molecular weight is 244 g/mol. The molecule has 0 saturated heterocycles. The largest absolute Gasteiger partial charge is 0.504 e. The molecule has 92 valence electrons. The first kappa shape index (κ1) is 11.9. The maximum atomic E-state index is 11.8. The summed E-state index contributed by atoms with van der Waals surface area (Å²) in [6, 6.07) is 7.81. The number of amides is 1. The number of carbonyl (C=O) groups is 1. The predicted octanol–water partition coefficient (Wildman–Crippen LogP) is 1.42. The van der Waals surface area contributed by atoms with E-state index in [0.717, 1.165) is 5.56 Å². The minimum Gasteiger partial charge on any atom is -0.504 e. The first-order valence-corrected chi connectivity index (χ1v) is 5.36. The summed E-state index contributed by atoms with van der Waals surface area (Å²) in [4.78, 5) is 15.7. The number of para-hydroxylation sites is 1. The van der Waals surface area contributed by atoms with E-state index in [0.29, 0.717) is 6.54 Å². The van der Waals surface area contributed by atoms with Crippen LogP contribution in [0.3, 0.4) is 0 Å². The number of benzene rings is 1. The van der Waals surface area contributed by atoms with Crippen molar-refractivity contribution >= 4 is 5.91 Å². The molecule has 2 aromatic rings. The molecule has 0 aliphatic rings. The Bertz CT molecular complexity index is 555. The molecule has 5 nitrogen and oxygen atoms in total. The average Bonchev–Trinajstić information content (AvgIpc) is 2.40. The topological polar surface area (TPSA) is 82.5 Å². The fourth-order valence-electron chi connectivity index (χ4n) is 1.49. The second-order valence-electron chi connectivity index (χ2n) is 3.71. The second-order valence-corrected chi connectivity index (χ2v) is 3.71. The van der Waals surface area contributed by atoms with Crippen LogP contribution in [0.4, 0.5) is 0 Å². The normalized spacial score (nSPS) is 10.0. The van der Waals surface area contributed by atoms with E-state index in [1.54, 1.807) is 24.5 Å². The third-order valence-corrected chi connectivity index (χ3v) is 2.46. The third-order valence-electron chi connectivity index (χ3n) is 2.46. The van der Waals surface area contributed by atoms with Gasteiger partial charge in [-0.25, -0.2) is 0 Å². The molecule has 1 heterocycles. The molecule has 0 aliphatic carbocycles. The van der Waals surface area contributed by atoms with Crippen molar-refractivity contribution in [2.24, 2.45) is 0 Å². The Morgan fingerprint density at radius 1 is 1.17 bits per heavy atom. The Kier molecular flexibility index (Phi) is 3.43. The van der Waals surface area contributed by atoms with Gasteiger partial charge < -0.3 is 15.5 Å². The molecule has 1 aromatic carbocycles. The van der Waals surface area contributed by atoms with Gasteiger partial charge in [-0.2, -0.15) is 0 Å². The number of rotatable bonds is 3. The molecule has 1 amide bonds. The molecule has 0 spiro atoms. The Hall–Kier alpha value is -2.56. The van der Waals surface area contributed by atoms with Crippen LogP contribution in [0.2, 0.25) is 0 Å². The molecule has 3 N–H and O–H groups in total. The molecule has 18 heavy (non-hydrogen) atoms. The van der Waals surface area contributed by atoms with Gasteiger partial charge in [0.15, 0.2) is 11.5 Å².